The fourth-order valence-corrected chi connectivity index (χ4v) is 2.50. The number of thiocarbonyl (C=S) groups is 1. The molecule has 1 heterocycles. The topological polar surface area (TPSA) is 27.3 Å². The van der Waals surface area contributed by atoms with Gasteiger partial charge in [-0.15, -0.1) is 0 Å². The first-order chi connectivity index (χ1) is 6.22. The lowest BCUT2D eigenvalue weighted by atomic mass is 10.0. The molecule has 0 amide bonds. The van der Waals surface area contributed by atoms with E-state index in [1.54, 1.807) is 0 Å². The van der Waals surface area contributed by atoms with Crippen molar-refractivity contribution < 1.29 is 0 Å². The van der Waals surface area contributed by atoms with Gasteiger partial charge in [-0.2, -0.15) is 0 Å². The fourth-order valence-electron chi connectivity index (χ4n) is 2.26. The lowest BCUT2D eigenvalue weighted by Crippen LogP contribution is -2.50. The summed E-state index contributed by atoms with van der Waals surface area (Å²) in [7, 11) is 1.98. The molecule has 1 saturated carbocycles. The van der Waals surface area contributed by atoms with Crippen LogP contribution >= 0.6 is 12.2 Å². The highest BCUT2D eigenvalue weighted by Crippen LogP contribution is 2.27. The summed E-state index contributed by atoms with van der Waals surface area (Å²) in [6.45, 7) is 0. The first kappa shape index (κ1) is 9.21. The van der Waals surface area contributed by atoms with Crippen LogP contribution in [-0.4, -0.2) is 22.8 Å². The second kappa shape index (κ2) is 3.42. The lowest BCUT2D eigenvalue weighted by Gasteiger charge is -2.27. The summed E-state index contributed by atoms with van der Waals surface area (Å²) in [4.78, 5) is 0. The van der Waals surface area contributed by atoms with Gasteiger partial charge >= 0.3 is 0 Å². The highest BCUT2D eigenvalue weighted by Gasteiger charge is 2.38. The minimum Gasteiger partial charge on any atom is -0.342 e. The van der Waals surface area contributed by atoms with Crippen molar-refractivity contribution in [3.8, 4) is 0 Å². The summed E-state index contributed by atoms with van der Waals surface area (Å²) in [6, 6.07) is 0. The Morgan fingerprint density at radius 3 is 2.31 bits per heavy atom. The second-order valence-corrected chi connectivity index (χ2v) is 4.48. The Hall–Kier alpha value is -0.350. The number of nitrogens with zero attached hydrogens (tertiary/aromatic N) is 1. The van der Waals surface area contributed by atoms with E-state index in [0.717, 1.165) is 5.11 Å². The molecule has 74 valence electrons. The molecule has 1 aliphatic carbocycles. The SMILES string of the molecule is CN1NC2(CCCCCC2)NC1=S. The van der Waals surface area contributed by atoms with E-state index < -0.39 is 0 Å². The van der Waals surface area contributed by atoms with Gasteiger partial charge in [0.25, 0.3) is 0 Å². The van der Waals surface area contributed by atoms with Gasteiger partial charge in [0.1, 0.15) is 5.66 Å². The molecule has 0 aromatic heterocycles. The zero-order valence-electron chi connectivity index (χ0n) is 8.10. The number of hydrazine groups is 1. The molecule has 1 saturated heterocycles. The van der Waals surface area contributed by atoms with Crippen LogP contribution < -0.4 is 10.7 Å². The molecule has 0 radical (unpaired) electrons. The molecule has 1 aliphatic heterocycles. The van der Waals surface area contributed by atoms with Crippen molar-refractivity contribution in [3.05, 3.63) is 0 Å². The Morgan fingerprint density at radius 1 is 1.23 bits per heavy atom. The van der Waals surface area contributed by atoms with Gasteiger partial charge in [-0.1, -0.05) is 12.8 Å². The molecule has 2 fully saturated rings. The molecular formula is C9H17N3S. The summed E-state index contributed by atoms with van der Waals surface area (Å²) in [5, 5.41) is 6.17. The monoisotopic (exact) mass is 199 g/mol. The summed E-state index contributed by atoms with van der Waals surface area (Å²) >= 11 is 5.19. The van der Waals surface area contributed by atoms with Crippen molar-refractivity contribution in [1.82, 2.24) is 15.8 Å². The third kappa shape index (κ3) is 1.79. The van der Waals surface area contributed by atoms with Crippen molar-refractivity contribution in [2.45, 2.75) is 44.2 Å². The van der Waals surface area contributed by atoms with Gasteiger partial charge in [0.2, 0.25) is 0 Å². The van der Waals surface area contributed by atoms with Gasteiger partial charge in [0, 0.05) is 7.05 Å². The average molecular weight is 199 g/mol. The van der Waals surface area contributed by atoms with Crippen molar-refractivity contribution >= 4 is 17.3 Å². The molecular weight excluding hydrogens is 182 g/mol. The van der Waals surface area contributed by atoms with Crippen LogP contribution in [0.1, 0.15) is 38.5 Å². The van der Waals surface area contributed by atoms with Crippen LogP contribution in [0.2, 0.25) is 0 Å². The Kier molecular flexibility index (Phi) is 2.43. The Labute approximate surface area is 84.8 Å². The van der Waals surface area contributed by atoms with Crippen LogP contribution in [0.25, 0.3) is 0 Å². The largest absolute Gasteiger partial charge is 0.342 e. The smallest absolute Gasteiger partial charge is 0.184 e. The van der Waals surface area contributed by atoms with Gasteiger partial charge in [0.15, 0.2) is 5.11 Å². The summed E-state index contributed by atoms with van der Waals surface area (Å²) in [6.07, 6.45) is 7.71. The molecule has 2 aliphatic rings. The lowest BCUT2D eigenvalue weighted by molar-refractivity contribution is 0.215. The van der Waals surface area contributed by atoms with Crippen molar-refractivity contribution in [2.24, 2.45) is 0 Å². The molecule has 4 heteroatoms. The maximum Gasteiger partial charge on any atom is 0.184 e. The Morgan fingerprint density at radius 2 is 1.85 bits per heavy atom. The minimum absolute atomic E-state index is 0.0856. The maximum absolute atomic E-state index is 5.19. The van der Waals surface area contributed by atoms with E-state index in [1.165, 1.54) is 38.5 Å². The molecule has 0 bridgehead atoms. The normalized spacial score (nSPS) is 27.5. The second-order valence-electron chi connectivity index (χ2n) is 4.10. The molecule has 3 nitrogen and oxygen atoms in total. The molecule has 1 spiro atoms. The van der Waals surface area contributed by atoms with Gasteiger partial charge in [-0.25, -0.2) is 5.43 Å². The van der Waals surface area contributed by atoms with Crippen LogP contribution in [0.3, 0.4) is 0 Å². The molecule has 0 aromatic rings. The van der Waals surface area contributed by atoms with E-state index in [1.807, 2.05) is 12.1 Å². The predicted molar refractivity (Wildman–Crippen MR) is 57.1 cm³/mol. The van der Waals surface area contributed by atoms with E-state index in [-0.39, 0.29) is 5.66 Å². The number of rotatable bonds is 0. The summed E-state index contributed by atoms with van der Waals surface area (Å²) < 4.78 is 0. The maximum atomic E-state index is 5.19. The number of nitrogens with one attached hydrogen (secondary N) is 2. The van der Waals surface area contributed by atoms with Crippen LogP contribution in [0.5, 0.6) is 0 Å². The molecule has 2 rings (SSSR count). The Bertz CT molecular complexity index is 209. The fraction of sp³-hybridized carbons (Fsp3) is 0.889. The van der Waals surface area contributed by atoms with E-state index in [4.69, 9.17) is 12.2 Å². The zero-order chi connectivity index (χ0) is 9.31. The van der Waals surface area contributed by atoms with Crippen molar-refractivity contribution in [3.63, 3.8) is 0 Å². The molecule has 0 atom stereocenters. The minimum atomic E-state index is 0.0856. The van der Waals surface area contributed by atoms with Crippen molar-refractivity contribution in [2.75, 3.05) is 7.05 Å². The van der Waals surface area contributed by atoms with E-state index in [9.17, 15) is 0 Å². The molecule has 2 N–H and O–H groups in total. The first-order valence-corrected chi connectivity index (χ1v) is 5.46. The number of hydrogen-bond donors (Lipinski definition) is 2. The standard InChI is InChI=1S/C9H17N3S/c1-12-8(13)10-9(11-12)6-4-2-3-5-7-9/h11H,2-7H2,1H3,(H,10,13). The molecule has 0 aromatic carbocycles. The Balaban J connectivity index is 2.07. The van der Waals surface area contributed by atoms with Crippen LogP contribution in [-0.2, 0) is 0 Å². The van der Waals surface area contributed by atoms with E-state index in [0.29, 0.717) is 0 Å². The predicted octanol–water partition coefficient (Wildman–Crippen LogP) is 1.36. The van der Waals surface area contributed by atoms with Crippen molar-refractivity contribution in [1.29, 1.82) is 0 Å². The quantitative estimate of drug-likeness (QED) is 0.576. The summed E-state index contributed by atoms with van der Waals surface area (Å²) in [5.74, 6) is 0. The van der Waals surface area contributed by atoms with Crippen LogP contribution in [0.15, 0.2) is 0 Å². The van der Waals surface area contributed by atoms with Crippen LogP contribution in [0, 0.1) is 0 Å². The van der Waals surface area contributed by atoms with Gasteiger partial charge in [-0.3, -0.25) is 5.01 Å². The zero-order valence-corrected chi connectivity index (χ0v) is 8.91. The highest BCUT2D eigenvalue weighted by atomic mass is 32.1. The highest BCUT2D eigenvalue weighted by molar-refractivity contribution is 7.80. The van der Waals surface area contributed by atoms with Gasteiger partial charge in [0.05, 0.1) is 0 Å². The third-order valence-corrected chi connectivity index (χ3v) is 3.37. The third-order valence-electron chi connectivity index (χ3n) is 2.99. The summed E-state index contributed by atoms with van der Waals surface area (Å²) in [5.41, 5.74) is 3.53. The first-order valence-electron chi connectivity index (χ1n) is 5.06. The number of hydrogen-bond acceptors (Lipinski definition) is 2. The van der Waals surface area contributed by atoms with Crippen LogP contribution in [0.4, 0.5) is 0 Å². The van der Waals surface area contributed by atoms with E-state index in [2.05, 4.69) is 10.7 Å². The van der Waals surface area contributed by atoms with Gasteiger partial charge in [-0.05, 0) is 37.9 Å². The molecule has 13 heavy (non-hydrogen) atoms. The van der Waals surface area contributed by atoms with Gasteiger partial charge < -0.3 is 5.32 Å². The molecule has 0 unspecified atom stereocenters. The average Bonchev–Trinajstić information content (AvgIpc) is 2.29. The van der Waals surface area contributed by atoms with E-state index >= 15 is 0 Å².